The van der Waals surface area contributed by atoms with Gasteiger partial charge in [0.25, 0.3) is 0 Å². The first-order chi connectivity index (χ1) is 7.68. The number of piperidine rings is 1. The summed E-state index contributed by atoms with van der Waals surface area (Å²) in [6, 6.07) is 4.31. The molecule has 3 nitrogen and oxygen atoms in total. The average molecular weight is 275 g/mol. The zero-order chi connectivity index (χ0) is 11.5. The second-order valence-corrected chi connectivity index (χ2v) is 5.38. The standard InChI is InChI=1S/C12H18N2OS.ClH/c1-9(11-3-2-8-16-11)12(15)14-6-4-10(13)5-7-14;/h2-3,8-10H,4-7,13H2,1H3;1H. The summed E-state index contributed by atoms with van der Waals surface area (Å²) >= 11 is 1.65. The van der Waals surface area contributed by atoms with Crippen LogP contribution in [-0.2, 0) is 4.79 Å². The van der Waals surface area contributed by atoms with E-state index in [0.717, 1.165) is 30.8 Å². The van der Waals surface area contributed by atoms with Gasteiger partial charge in [-0.1, -0.05) is 6.07 Å². The third-order valence-corrected chi connectivity index (χ3v) is 4.25. The van der Waals surface area contributed by atoms with Crippen LogP contribution in [0.25, 0.3) is 0 Å². The molecule has 0 aromatic carbocycles. The highest BCUT2D eigenvalue weighted by atomic mass is 35.5. The Hall–Kier alpha value is -0.580. The molecule has 1 amide bonds. The van der Waals surface area contributed by atoms with E-state index in [0.29, 0.717) is 0 Å². The highest BCUT2D eigenvalue weighted by Gasteiger charge is 2.25. The second kappa shape index (κ2) is 6.38. The first-order valence-corrected chi connectivity index (χ1v) is 6.64. The van der Waals surface area contributed by atoms with Gasteiger partial charge in [-0.2, -0.15) is 0 Å². The van der Waals surface area contributed by atoms with Crippen molar-refractivity contribution >= 4 is 29.7 Å². The third kappa shape index (κ3) is 3.44. The van der Waals surface area contributed by atoms with Gasteiger partial charge in [-0.3, -0.25) is 4.79 Å². The Kier molecular flexibility index (Phi) is 5.43. The van der Waals surface area contributed by atoms with Crippen molar-refractivity contribution in [2.75, 3.05) is 13.1 Å². The molecule has 0 saturated carbocycles. The van der Waals surface area contributed by atoms with Crippen molar-refractivity contribution in [2.24, 2.45) is 5.73 Å². The molecule has 1 fully saturated rings. The molecule has 1 aliphatic rings. The maximum Gasteiger partial charge on any atom is 0.230 e. The number of halogens is 1. The smallest absolute Gasteiger partial charge is 0.230 e. The molecule has 1 aliphatic heterocycles. The number of carbonyl (C=O) groups excluding carboxylic acids is 1. The molecule has 0 bridgehead atoms. The van der Waals surface area contributed by atoms with Gasteiger partial charge in [0.2, 0.25) is 5.91 Å². The van der Waals surface area contributed by atoms with Crippen molar-refractivity contribution < 1.29 is 4.79 Å². The van der Waals surface area contributed by atoms with E-state index in [1.54, 1.807) is 11.3 Å². The largest absolute Gasteiger partial charge is 0.342 e. The summed E-state index contributed by atoms with van der Waals surface area (Å²) in [4.78, 5) is 15.3. The minimum Gasteiger partial charge on any atom is -0.342 e. The van der Waals surface area contributed by atoms with Gasteiger partial charge in [-0.15, -0.1) is 23.7 Å². The van der Waals surface area contributed by atoms with Crippen molar-refractivity contribution in [1.82, 2.24) is 4.90 Å². The number of amides is 1. The molecule has 0 radical (unpaired) electrons. The van der Waals surface area contributed by atoms with Crippen LogP contribution in [0.15, 0.2) is 17.5 Å². The zero-order valence-electron chi connectivity index (χ0n) is 9.96. The summed E-state index contributed by atoms with van der Waals surface area (Å²) in [5.41, 5.74) is 5.83. The molecule has 1 unspecified atom stereocenters. The molecule has 5 heteroatoms. The van der Waals surface area contributed by atoms with Gasteiger partial charge in [-0.05, 0) is 31.2 Å². The fraction of sp³-hybridized carbons (Fsp3) is 0.583. The normalized spacial score (nSPS) is 18.6. The highest BCUT2D eigenvalue weighted by Crippen LogP contribution is 2.24. The van der Waals surface area contributed by atoms with E-state index in [1.165, 1.54) is 0 Å². The molecule has 2 heterocycles. The van der Waals surface area contributed by atoms with Gasteiger partial charge in [-0.25, -0.2) is 0 Å². The summed E-state index contributed by atoms with van der Waals surface area (Å²) in [6.45, 7) is 3.62. The highest BCUT2D eigenvalue weighted by molar-refractivity contribution is 7.10. The van der Waals surface area contributed by atoms with E-state index in [4.69, 9.17) is 5.73 Å². The topological polar surface area (TPSA) is 46.3 Å². The van der Waals surface area contributed by atoms with Gasteiger partial charge in [0.1, 0.15) is 0 Å². The van der Waals surface area contributed by atoms with Crippen molar-refractivity contribution in [2.45, 2.75) is 31.7 Å². The van der Waals surface area contributed by atoms with Crippen LogP contribution in [0.5, 0.6) is 0 Å². The van der Waals surface area contributed by atoms with Gasteiger partial charge in [0.15, 0.2) is 0 Å². The van der Waals surface area contributed by atoms with Gasteiger partial charge in [0, 0.05) is 24.0 Å². The maximum atomic E-state index is 12.2. The molecule has 2 N–H and O–H groups in total. The lowest BCUT2D eigenvalue weighted by molar-refractivity contribution is -0.133. The fourth-order valence-corrected chi connectivity index (χ4v) is 2.83. The first kappa shape index (κ1) is 14.5. The summed E-state index contributed by atoms with van der Waals surface area (Å²) in [6.07, 6.45) is 1.87. The molecule has 1 saturated heterocycles. The molecule has 1 aromatic rings. The molecular formula is C12H19ClN2OS. The van der Waals surface area contributed by atoms with E-state index in [1.807, 2.05) is 29.3 Å². The average Bonchev–Trinajstić information content (AvgIpc) is 2.81. The summed E-state index contributed by atoms with van der Waals surface area (Å²) < 4.78 is 0. The Morgan fingerprint density at radius 1 is 1.53 bits per heavy atom. The number of thiophene rings is 1. The third-order valence-electron chi connectivity index (χ3n) is 3.19. The van der Waals surface area contributed by atoms with Crippen molar-refractivity contribution in [1.29, 1.82) is 0 Å². The van der Waals surface area contributed by atoms with E-state index in [2.05, 4.69) is 0 Å². The molecular weight excluding hydrogens is 256 g/mol. The zero-order valence-corrected chi connectivity index (χ0v) is 11.6. The lowest BCUT2D eigenvalue weighted by Gasteiger charge is -2.31. The number of carbonyl (C=O) groups is 1. The Morgan fingerprint density at radius 2 is 2.18 bits per heavy atom. The number of likely N-dealkylation sites (tertiary alicyclic amines) is 1. The Labute approximate surface area is 112 Å². The number of hydrogen-bond acceptors (Lipinski definition) is 3. The van der Waals surface area contributed by atoms with Gasteiger partial charge >= 0.3 is 0 Å². The minimum absolute atomic E-state index is 0. The van der Waals surface area contributed by atoms with E-state index < -0.39 is 0 Å². The van der Waals surface area contributed by atoms with Gasteiger partial charge < -0.3 is 10.6 Å². The van der Waals surface area contributed by atoms with E-state index in [-0.39, 0.29) is 30.3 Å². The number of hydrogen-bond donors (Lipinski definition) is 1. The fourth-order valence-electron chi connectivity index (χ4n) is 2.05. The lowest BCUT2D eigenvalue weighted by Crippen LogP contribution is -2.44. The van der Waals surface area contributed by atoms with Crippen LogP contribution in [-0.4, -0.2) is 29.9 Å². The van der Waals surface area contributed by atoms with Crippen LogP contribution in [0.4, 0.5) is 0 Å². The Balaban J connectivity index is 0.00000144. The van der Waals surface area contributed by atoms with Crippen molar-refractivity contribution in [3.8, 4) is 0 Å². The molecule has 1 aromatic heterocycles. The summed E-state index contributed by atoms with van der Waals surface area (Å²) in [5.74, 6) is 0.240. The predicted molar refractivity (Wildman–Crippen MR) is 73.8 cm³/mol. The van der Waals surface area contributed by atoms with Crippen molar-refractivity contribution in [3.05, 3.63) is 22.4 Å². The molecule has 1 atom stereocenters. The molecule has 2 rings (SSSR count). The SMILES string of the molecule is CC(C(=O)N1CCC(N)CC1)c1cccs1.Cl. The van der Waals surface area contributed by atoms with Crippen molar-refractivity contribution in [3.63, 3.8) is 0 Å². The number of nitrogens with two attached hydrogens (primary N) is 1. The van der Waals surface area contributed by atoms with Crippen LogP contribution in [0.2, 0.25) is 0 Å². The van der Waals surface area contributed by atoms with Gasteiger partial charge in [0.05, 0.1) is 5.92 Å². The number of nitrogens with zero attached hydrogens (tertiary/aromatic N) is 1. The first-order valence-electron chi connectivity index (χ1n) is 5.76. The summed E-state index contributed by atoms with van der Waals surface area (Å²) in [5, 5.41) is 2.02. The monoisotopic (exact) mass is 274 g/mol. The Morgan fingerprint density at radius 3 is 2.71 bits per heavy atom. The van der Waals surface area contributed by atoms with Crippen LogP contribution in [0.3, 0.4) is 0 Å². The minimum atomic E-state index is -0.00526. The van der Waals surface area contributed by atoms with Crippen LogP contribution in [0, 0.1) is 0 Å². The molecule has 0 aliphatic carbocycles. The van der Waals surface area contributed by atoms with Crippen LogP contribution >= 0.6 is 23.7 Å². The summed E-state index contributed by atoms with van der Waals surface area (Å²) in [7, 11) is 0. The van der Waals surface area contributed by atoms with E-state index in [9.17, 15) is 4.79 Å². The Bertz CT molecular complexity index is 347. The number of rotatable bonds is 2. The predicted octanol–water partition coefficient (Wildman–Crippen LogP) is 2.22. The quantitative estimate of drug-likeness (QED) is 0.899. The lowest BCUT2D eigenvalue weighted by atomic mass is 10.0. The second-order valence-electron chi connectivity index (χ2n) is 4.40. The maximum absolute atomic E-state index is 12.2. The van der Waals surface area contributed by atoms with Crippen LogP contribution in [0.1, 0.15) is 30.6 Å². The van der Waals surface area contributed by atoms with E-state index >= 15 is 0 Å². The molecule has 0 spiro atoms. The molecule has 17 heavy (non-hydrogen) atoms. The van der Waals surface area contributed by atoms with Crippen LogP contribution < -0.4 is 5.73 Å². The molecule has 96 valence electrons.